The highest BCUT2D eigenvalue weighted by molar-refractivity contribution is 5.78. The topological polar surface area (TPSA) is 274 Å². The summed E-state index contributed by atoms with van der Waals surface area (Å²) in [7, 11) is 2.45. The smallest absolute Gasteiger partial charge is 0.336 e. The molecule has 1 aliphatic rings. The Balaban J connectivity index is 1.63. The van der Waals surface area contributed by atoms with Crippen LogP contribution in [0.15, 0.2) is 28.8 Å². The van der Waals surface area contributed by atoms with Crippen LogP contribution in [-0.4, -0.2) is 96.2 Å². The van der Waals surface area contributed by atoms with Crippen molar-refractivity contribution in [2.75, 3.05) is 34.0 Å². The van der Waals surface area contributed by atoms with Gasteiger partial charge in [-0.25, -0.2) is 56.2 Å². The number of unbranched alkanes of at least 4 members (excludes halogenated alkanes) is 5. The Kier molecular flexibility index (Phi) is 21.8. The molecule has 0 saturated heterocycles. The van der Waals surface area contributed by atoms with Crippen LogP contribution in [0.3, 0.4) is 0 Å². The molecule has 2 aromatic heterocycles. The maximum atomic E-state index is 13.4. The third-order valence-electron chi connectivity index (χ3n) is 10.7. The van der Waals surface area contributed by atoms with Gasteiger partial charge in [0.25, 0.3) is 0 Å². The summed E-state index contributed by atoms with van der Waals surface area (Å²) < 4.78 is 23.2. The van der Waals surface area contributed by atoms with Crippen LogP contribution in [0.1, 0.15) is 109 Å². The molecule has 0 atom stereocenters. The molecule has 1 aliphatic carbocycles. The number of hydrogen-bond donors (Lipinski definition) is 1. The van der Waals surface area contributed by atoms with E-state index in [1.807, 2.05) is 0 Å². The van der Waals surface area contributed by atoms with Crippen molar-refractivity contribution in [1.29, 1.82) is 0 Å². The van der Waals surface area contributed by atoms with Gasteiger partial charge in [-0.1, -0.05) is 57.8 Å². The van der Waals surface area contributed by atoms with E-state index in [0.717, 1.165) is 71.3 Å². The van der Waals surface area contributed by atoms with Crippen LogP contribution in [0.2, 0.25) is 0 Å². The van der Waals surface area contributed by atoms with Crippen LogP contribution in [-0.2, 0) is 82.2 Å². The number of aliphatic hydroxyl groups is 1. The van der Waals surface area contributed by atoms with Crippen molar-refractivity contribution in [2.45, 2.75) is 148 Å². The summed E-state index contributed by atoms with van der Waals surface area (Å²) in [5.41, 5.74) is -6.62. The third-order valence-corrected chi connectivity index (χ3v) is 10.7. The van der Waals surface area contributed by atoms with Crippen molar-refractivity contribution in [1.82, 2.24) is 27.4 Å². The van der Waals surface area contributed by atoms with E-state index in [1.165, 1.54) is 7.11 Å². The number of ketones is 1. The summed E-state index contributed by atoms with van der Waals surface area (Å²) in [4.78, 5) is 140. The molecule has 2 aromatic rings. The van der Waals surface area contributed by atoms with Crippen molar-refractivity contribution in [2.24, 2.45) is 5.92 Å². The number of aromatic nitrogens is 6. The lowest BCUT2D eigenvalue weighted by Crippen LogP contribution is -2.55. The Morgan fingerprint density at radius 2 is 0.871 bits per heavy atom. The molecule has 22 nitrogen and oxygen atoms in total. The number of carbonyl (C=O) groups excluding carboxylic acids is 5. The highest BCUT2D eigenvalue weighted by atomic mass is 16.5. The molecular formula is C40H60N6O16. The van der Waals surface area contributed by atoms with Crippen molar-refractivity contribution >= 4 is 29.7 Å². The van der Waals surface area contributed by atoms with Crippen molar-refractivity contribution in [3.05, 3.63) is 62.9 Å². The van der Waals surface area contributed by atoms with E-state index in [0.29, 0.717) is 52.6 Å². The van der Waals surface area contributed by atoms with E-state index < -0.39 is 123 Å². The maximum absolute atomic E-state index is 13.4. The molecule has 0 unspecified atom stereocenters. The van der Waals surface area contributed by atoms with E-state index in [-0.39, 0.29) is 25.4 Å². The summed E-state index contributed by atoms with van der Waals surface area (Å²) in [5, 5.41) is 9.48. The van der Waals surface area contributed by atoms with Gasteiger partial charge in [-0.05, 0) is 25.2 Å². The molecule has 1 saturated carbocycles. The molecule has 22 heteroatoms. The van der Waals surface area contributed by atoms with Crippen LogP contribution >= 0.6 is 0 Å². The first-order chi connectivity index (χ1) is 29.7. The largest absolute Gasteiger partial charge is 0.469 e. The first kappa shape index (κ1) is 50.7. The Hall–Kier alpha value is -5.67. The Labute approximate surface area is 355 Å². The Bertz CT molecular complexity index is 2200. The number of carbonyl (C=O) groups is 5. The van der Waals surface area contributed by atoms with E-state index in [9.17, 15) is 57.8 Å². The van der Waals surface area contributed by atoms with Crippen molar-refractivity contribution < 1.29 is 48.0 Å². The lowest BCUT2D eigenvalue weighted by Gasteiger charge is -2.21. The summed E-state index contributed by atoms with van der Waals surface area (Å²) in [5.74, 6) is -2.58. The monoisotopic (exact) mass is 880 g/mol. The van der Waals surface area contributed by atoms with Gasteiger partial charge in [0.2, 0.25) is 0 Å². The minimum Gasteiger partial charge on any atom is -0.469 e. The zero-order valence-electron chi connectivity index (χ0n) is 35.7. The van der Waals surface area contributed by atoms with Gasteiger partial charge in [-0.3, -0.25) is 24.0 Å². The number of methoxy groups -OCH3 is 2. The second kappa shape index (κ2) is 26.6. The average Bonchev–Trinajstić information content (AvgIpc) is 3.26. The third kappa shape index (κ3) is 15.7. The number of rotatable bonds is 28. The fraction of sp³-hybridized carbons (Fsp3) is 0.725. The number of esters is 4. The molecule has 1 fully saturated rings. The van der Waals surface area contributed by atoms with Gasteiger partial charge < -0.3 is 24.1 Å². The first-order valence-corrected chi connectivity index (χ1v) is 21.2. The molecule has 0 aromatic carbocycles. The average molecular weight is 881 g/mol. The molecule has 346 valence electrons. The number of ether oxygens (including phenoxy) is 4. The van der Waals surface area contributed by atoms with Gasteiger partial charge in [0, 0.05) is 32.4 Å². The molecule has 0 spiro atoms. The van der Waals surface area contributed by atoms with E-state index in [2.05, 4.69) is 9.47 Å². The molecule has 0 amide bonds. The number of hydrogen-bond acceptors (Lipinski definition) is 16. The van der Waals surface area contributed by atoms with Gasteiger partial charge in [-0.15, -0.1) is 0 Å². The van der Waals surface area contributed by atoms with Crippen LogP contribution in [0.25, 0.3) is 0 Å². The quantitative estimate of drug-likeness (QED) is 0.0648. The second-order valence-electron chi connectivity index (χ2n) is 15.1. The lowest BCUT2D eigenvalue weighted by atomic mass is 9.85. The Morgan fingerprint density at radius 3 is 1.35 bits per heavy atom. The predicted octanol–water partition coefficient (Wildman–Crippen LogP) is -0.388. The summed E-state index contributed by atoms with van der Waals surface area (Å²) in [6.07, 6.45) is 10.0. The van der Waals surface area contributed by atoms with Crippen LogP contribution in [0.5, 0.6) is 0 Å². The summed E-state index contributed by atoms with van der Waals surface area (Å²) in [6.45, 7) is -4.73. The van der Waals surface area contributed by atoms with Crippen LogP contribution in [0, 0.1) is 5.92 Å². The minimum atomic E-state index is -1.14. The summed E-state index contributed by atoms with van der Waals surface area (Å²) >= 11 is 0. The zero-order valence-corrected chi connectivity index (χ0v) is 35.7. The van der Waals surface area contributed by atoms with Gasteiger partial charge >= 0.3 is 58.0 Å². The van der Waals surface area contributed by atoms with E-state index in [4.69, 9.17) is 9.47 Å². The molecule has 1 N–H and O–H groups in total. The fourth-order valence-corrected chi connectivity index (χ4v) is 7.16. The van der Waals surface area contributed by atoms with Crippen LogP contribution in [0.4, 0.5) is 0 Å². The van der Waals surface area contributed by atoms with Crippen molar-refractivity contribution in [3.63, 3.8) is 0 Å². The van der Waals surface area contributed by atoms with Crippen molar-refractivity contribution in [3.8, 4) is 0 Å². The second-order valence-corrected chi connectivity index (χ2v) is 15.1. The fourth-order valence-electron chi connectivity index (χ4n) is 7.16. The van der Waals surface area contributed by atoms with Gasteiger partial charge in [0.05, 0.1) is 59.8 Å². The maximum Gasteiger partial charge on any atom is 0.336 e. The lowest BCUT2D eigenvalue weighted by molar-refractivity contribution is -0.145. The van der Waals surface area contributed by atoms with Gasteiger partial charge in [0.1, 0.15) is 13.2 Å². The summed E-state index contributed by atoms with van der Waals surface area (Å²) in [6, 6.07) is 0. The molecule has 62 heavy (non-hydrogen) atoms. The molecular weight excluding hydrogens is 820 g/mol. The first-order valence-electron chi connectivity index (χ1n) is 21.2. The predicted molar refractivity (Wildman–Crippen MR) is 218 cm³/mol. The SMILES string of the molecule is COC(=O)CCCCCCCCC(=O)OCCn1c(=O)n(CCO)c(=O)n(CCOC(=O)CCn2c(=O)n(CCC(=O)OC)c(=O)n(CC(=O)CCC3CCCCC3)c2=O)c1=O. The van der Waals surface area contributed by atoms with Gasteiger partial charge in [0.15, 0.2) is 5.78 Å². The van der Waals surface area contributed by atoms with Gasteiger partial charge in [-0.2, -0.15) is 0 Å². The number of aliphatic hydroxyl groups excluding tert-OH is 1. The molecule has 0 radical (unpaired) electrons. The molecule has 0 bridgehead atoms. The minimum absolute atomic E-state index is 0.0980. The number of Topliss-reactive ketones (excluding diaryl/α,β-unsaturated/α-hetero) is 1. The zero-order chi connectivity index (χ0) is 45.6. The highest BCUT2D eigenvalue weighted by Crippen LogP contribution is 2.27. The Morgan fingerprint density at radius 1 is 0.484 bits per heavy atom. The van der Waals surface area contributed by atoms with E-state index >= 15 is 0 Å². The normalized spacial score (nSPS) is 12.8. The standard InChI is InChI=1S/C40H60N6O16/c1-59-31(49)14-10-5-3-4-6-11-15-33(51)61-26-23-44-36(54)43(22-25-47)37(55)45(38(44)56)24-27-62-34(52)19-21-42-35(53)41(20-18-32(50)60-2)39(57)46(40(42)58)28-30(48)17-16-29-12-8-7-9-13-29/h29,47H,3-28H2,1-2H3. The number of nitrogens with zero attached hydrogens (tertiary/aromatic N) is 6. The highest BCUT2D eigenvalue weighted by Gasteiger charge is 2.22. The molecule has 0 aliphatic heterocycles. The van der Waals surface area contributed by atoms with E-state index in [1.54, 1.807) is 0 Å². The molecule has 3 rings (SSSR count). The molecule has 2 heterocycles. The van der Waals surface area contributed by atoms with Crippen LogP contribution < -0.4 is 34.1 Å².